The van der Waals surface area contributed by atoms with Crippen molar-refractivity contribution in [2.75, 3.05) is 11.9 Å². The summed E-state index contributed by atoms with van der Waals surface area (Å²) in [5.41, 5.74) is 2.00. The lowest BCUT2D eigenvalue weighted by molar-refractivity contribution is -0.119. The number of hydrogen-bond donors (Lipinski definition) is 2. The molecule has 6 nitrogen and oxygen atoms in total. The minimum absolute atomic E-state index is 0.0196. The van der Waals surface area contributed by atoms with Gasteiger partial charge in [-0.3, -0.25) is 4.79 Å². The van der Waals surface area contributed by atoms with Gasteiger partial charge in [-0.15, -0.1) is 0 Å². The summed E-state index contributed by atoms with van der Waals surface area (Å²) >= 11 is 0. The number of rotatable bonds is 7. The number of nitrogens with one attached hydrogen (secondary N) is 2. The van der Waals surface area contributed by atoms with Crippen molar-refractivity contribution in [3.8, 4) is 0 Å². The van der Waals surface area contributed by atoms with E-state index in [9.17, 15) is 9.59 Å². The van der Waals surface area contributed by atoms with Gasteiger partial charge in [0.05, 0.1) is 13.2 Å². The van der Waals surface area contributed by atoms with Gasteiger partial charge in [-0.05, 0) is 51.0 Å². The van der Waals surface area contributed by atoms with Crippen LogP contribution in [0.5, 0.6) is 0 Å². The van der Waals surface area contributed by atoms with Crippen LogP contribution in [0.15, 0.2) is 54.6 Å². The van der Waals surface area contributed by atoms with Crippen LogP contribution >= 0.6 is 0 Å². The molecule has 2 amide bonds. The molecule has 6 heteroatoms. The molecule has 150 valence electrons. The molecule has 2 aromatic carbocycles. The zero-order valence-electron chi connectivity index (χ0n) is 16.8. The summed E-state index contributed by atoms with van der Waals surface area (Å²) in [6.45, 7) is 7.59. The fraction of sp³-hybridized carbons (Fsp3) is 0.364. The molecule has 0 aromatic heterocycles. The molecule has 0 saturated carbocycles. The van der Waals surface area contributed by atoms with E-state index in [2.05, 4.69) is 10.6 Å². The first kappa shape index (κ1) is 21.4. The molecule has 2 N–H and O–H groups in total. The molecular weight excluding hydrogens is 356 g/mol. The number of aryl methyl sites for hydroxylation is 1. The Hall–Kier alpha value is -2.86. The van der Waals surface area contributed by atoms with E-state index in [0.29, 0.717) is 12.3 Å². The Kier molecular flexibility index (Phi) is 7.58. The molecule has 0 fully saturated rings. The predicted molar refractivity (Wildman–Crippen MR) is 109 cm³/mol. The second-order valence-electron chi connectivity index (χ2n) is 7.56. The van der Waals surface area contributed by atoms with E-state index in [1.165, 1.54) is 0 Å². The van der Waals surface area contributed by atoms with Gasteiger partial charge in [0.15, 0.2) is 0 Å². The maximum atomic E-state index is 12.7. The average molecular weight is 384 g/mol. The Morgan fingerprint density at radius 3 is 2.39 bits per heavy atom. The lowest BCUT2D eigenvalue weighted by atomic mass is 10.2. The number of hydrogen-bond acceptors (Lipinski definition) is 4. The molecule has 28 heavy (non-hydrogen) atoms. The van der Waals surface area contributed by atoms with Gasteiger partial charge >= 0.3 is 6.09 Å². The third-order valence-corrected chi connectivity index (χ3v) is 3.69. The number of benzene rings is 2. The molecule has 0 aliphatic heterocycles. The van der Waals surface area contributed by atoms with Gasteiger partial charge in [-0.1, -0.05) is 42.5 Å². The average Bonchev–Trinajstić information content (AvgIpc) is 2.60. The van der Waals surface area contributed by atoms with Gasteiger partial charge in [-0.2, -0.15) is 0 Å². The monoisotopic (exact) mass is 384 g/mol. The molecule has 0 aliphatic carbocycles. The molecule has 0 unspecified atom stereocenters. The van der Waals surface area contributed by atoms with Crippen LogP contribution in [-0.2, 0) is 20.9 Å². The zero-order chi connectivity index (χ0) is 20.6. The number of amides is 2. The summed E-state index contributed by atoms with van der Waals surface area (Å²) in [6.07, 6.45) is -0.666. The molecule has 1 atom stereocenters. The molecule has 0 bridgehead atoms. The fourth-order valence-electron chi connectivity index (χ4n) is 2.45. The molecule has 0 spiro atoms. The third-order valence-electron chi connectivity index (χ3n) is 3.69. The van der Waals surface area contributed by atoms with E-state index in [-0.39, 0.29) is 12.5 Å². The van der Waals surface area contributed by atoms with Gasteiger partial charge in [0.25, 0.3) is 0 Å². The lowest BCUT2D eigenvalue weighted by Gasteiger charge is -2.23. The van der Waals surface area contributed by atoms with E-state index in [1.54, 1.807) is 26.8 Å². The first-order chi connectivity index (χ1) is 13.2. The second kappa shape index (κ2) is 9.90. The molecule has 0 aliphatic rings. The minimum atomic E-state index is -0.890. The van der Waals surface area contributed by atoms with Crippen LogP contribution in [0.1, 0.15) is 31.9 Å². The van der Waals surface area contributed by atoms with Crippen molar-refractivity contribution in [2.45, 2.75) is 45.9 Å². The predicted octanol–water partition coefficient (Wildman–Crippen LogP) is 4.04. The van der Waals surface area contributed by atoms with Crippen LogP contribution in [0.2, 0.25) is 0 Å². The topological polar surface area (TPSA) is 76.7 Å². The highest BCUT2D eigenvalue weighted by atomic mass is 16.6. The first-order valence-electron chi connectivity index (χ1n) is 9.22. The largest absolute Gasteiger partial charge is 0.444 e. The van der Waals surface area contributed by atoms with Crippen molar-refractivity contribution >= 4 is 17.7 Å². The Bertz CT molecular complexity index is 785. The van der Waals surface area contributed by atoms with Gasteiger partial charge in [-0.25, -0.2) is 4.79 Å². The summed E-state index contributed by atoms with van der Waals surface area (Å²) in [4.78, 5) is 24.9. The summed E-state index contributed by atoms with van der Waals surface area (Å²) in [5, 5.41) is 5.41. The van der Waals surface area contributed by atoms with Crippen LogP contribution in [0.4, 0.5) is 10.5 Å². The normalized spacial score (nSPS) is 12.1. The summed E-state index contributed by atoms with van der Waals surface area (Å²) in [5.74, 6) is -0.371. The van der Waals surface area contributed by atoms with Crippen molar-refractivity contribution < 1.29 is 19.1 Å². The molecule has 0 heterocycles. The maximum absolute atomic E-state index is 12.7. The van der Waals surface area contributed by atoms with Gasteiger partial charge in [0.2, 0.25) is 5.91 Å². The second-order valence-corrected chi connectivity index (χ2v) is 7.56. The number of carbonyl (C=O) groups is 2. The van der Waals surface area contributed by atoms with E-state index >= 15 is 0 Å². The van der Waals surface area contributed by atoms with Gasteiger partial charge < -0.3 is 20.1 Å². The highest BCUT2D eigenvalue weighted by Gasteiger charge is 2.25. The highest BCUT2D eigenvalue weighted by Crippen LogP contribution is 2.11. The number of alkyl carbamates (subject to hydrolysis) is 1. The van der Waals surface area contributed by atoms with Crippen molar-refractivity contribution in [1.82, 2.24) is 5.32 Å². The van der Waals surface area contributed by atoms with E-state index in [1.807, 2.05) is 55.5 Å². The smallest absolute Gasteiger partial charge is 0.408 e. The SMILES string of the molecule is Cc1cccc(NC(=O)[C@H](COCc2ccccc2)NC(=O)OC(C)(C)C)c1. The molecule has 0 radical (unpaired) electrons. The van der Waals surface area contributed by atoms with Gasteiger partial charge in [0, 0.05) is 5.69 Å². The minimum Gasteiger partial charge on any atom is -0.444 e. The van der Waals surface area contributed by atoms with Crippen molar-refractivity contribution in [3.05, 3.63) is 65.7 Å². The Balaban J connectivity index is 2.01. The fourth-order valence-corrected chi connectivity index (χ4v) is 2.45. The summed E-state index contributed by atoms with van der Waals surface area (Å²) in [6, 6.07) is 16.2. The van der Waals surface area contributed by atoms with Crippen LogP contribution < -0.4 is 10.6 Å². The number of carbonyl (C=O) groups excluding carboxylic acids is 2. The van der Waals surface area contributed by atoms with Crippen molar-refractivity contribution in [3.63, 3.8) is 0 Å². The van der Waals surface area contributed by atoms with E-state index in [0.717, 1.165) is 11.1 Å². The van der Waals surface area contributed by atoms with E-state index in [4.69, 9.17) is 9.47 Å². The maximum Gasteiger partial charge on any atom is 0.408 e. The van der Waals surface area contributed by atoms with Crippen LogP contribution in [0.25, 0.3) is 0 Å². The van der Waals surface area contributed by atoms with Crippen molar-refractivity contribution in [2.24, 2.45) is 0 Å². The lowest BCUT2D eigenvalue weighted by Crippen LogP contribution is -2.48. The first-order valence-corrected chi connectivity index (χ1v) is 9.22. The van der Waals surface area contributed by atoms with Crippen LogP contribution in [-0.4, -0.2) is 30.3 Å². The highest BCUT2D eigenvalue weighted by molar-refractivity contribution is 5.96. The Morgan fingerprint density at radius 2 is 1.75 bits per heavy atom. The zero-order valence-corrected chi connectivity index (χ0v) is 16.8. The molecule has 2 rings (SSSR count). The summed E-state index contributed by atoms with van der Waals surface area (Å²) < 4.78 is 10.9. The van der Waals surface area contributed by atoms with Crippen LogP contribution in [0.3, 0.4) is 0 Å². The quantitative estimate of drug-likeness (QED) is 0.755. The number of anilines is 1. The molecular formula is C22H28N2O4. The van der Waals surface area contributed by atoms with Crippen LogP contribution in [0, 0.1) is 6.92 Å². The van der Waals surface area contributed by atoms with Gasteiger partial charge in [0.1, 0.15) is 11.6 Å². The van der Waals surface area contributed by atoms with E-state index < -0.39 is 17.7 Å². The Morgan fingerprint density at radius 1 is 1.04 bits per heavy atom. The number of ether oxygens (including phenoxy) is 2. The van der Waals surface area contributed by atoms with Crippen molar-refractivity contribution in [1.29, 1.82) is 0 Å². The molecule has 0 saturated heterocycles. The third kappa shape index (κ3) is 7.80. The molecule has 2 aromatic rings. The standard InChI is InChI=1S/C22H28N2O4/c1-16-9-8-12-18(13-16)23-20(25)19(24-21(26)28-22(2,3)4)15-27-14-17-10-6-5-7-11-17/h5-13,19H,14-15H2,1-4H3,(H,23,25)(H,24,26)/t19-/m0/s1. The Labute approximate surface area is 166 Å². The summed E-state index contributed by atoms with van der Waals surface area (Å²) in [7, 11) is 0.